The molecule has 1 amide bonds. The van der Waals surface area contributed by atoms with Crippen LogP contribution in [0.2, 0.25) is 0 Å². The lowest BCUT2D eigenvalue weighted by molar-refractivity contribution is -0.132. The molecule has 1 saturated heterocycles. The quantitative estimate of drug-likeness (QED) is 0.822. The van der Waals surface area contributed by atoms with Crippen molar-refractivity contribution in [2.75, 3.05) is 13.1 Å². The van der Waals surface area contributed by atoms with Gasteiger partial charge < -0.3 is 10.6 Å². The highest BCUT2D eigenvalue weighted by atomic mass is 16.2. The predicted molar refractivity (Wildman–Crippen MR) is 66.3 cm³/mol. The number of amides is 1. The Morgan fingerprint density at radius 1 is 1.59 bits per heavy atom. The number of nitrogens with zero attached hydrogens (tertiary/aromatic N) is 2. The van der Waals surface area contributed by atoms with E-state index >= 15 is 0 Å². The topological polar surface area (TPSA) is 59.2 Å². The second kappa shape index (κ2) is 5.27. The predicted octanol–water partition coefficient (Wildman–Crippen LogP) is 0.820. The second-order valence-corrected chi connectivity index (χ2v) is 4.94. The van der Waals surface area contributed by atoms with Crippen LogP contribution < -0.4 is 5.73 Å². The van der Waals surface area contributed by atoms with Crippen molar-refractivity contribution < 1.29 is 4.79 Å². The van der Waals surface area contributed by atoms with Gasteiger partial charge in [0.2, 0.25) is 5.91 Å². The number of piperidine rings is 1. The molecule has 1 aromatic rings. The molecular weight excluding hydrogens is 214 g/mol. The lowest BCUT2D eigenvalue weighted by Crippen LogP contribution is -2.49. The Morgan fingerprint density at radius 3 is 3.06 bits per heavy atom. The third-order valence-corrected chi connectivity index (χ3v) is 3.12. The number of hydrogen-bond acceptors (Lipinski definition) is 3. The van der Waals surface area contributed by atoms with Crippen LogP contribution in [0.1, 0.15) is 18.9 Å². The van der Waals surface area contributed by atoms with E-state index in [1.165, 1.54) is 0 Å². The fourth-order valence-corrected chi connectivity index (χ4v) is 2.39. The second-order valence-electron chi connectivity index (χ2n) is 4.94. The first-order valence-electron chi connectivity index (χ1n) is 6.07. The van der Waals surface area contributed by atoms with Crippen molar-refractivity contribution in [2.45, 2.75) is 25.8 Å². The van der Waals surface area contributed by atoms with Gasteiger partial charge in [-0.25, -0.2) is 0 Å². The fraction of sp³-hybridized carbons (Fsp3) is 0.538. The van der Waals surface area contributed by atoms with E-state index in [-0.39, 0.29) is 11.9 Å². The van der Waals surface area contributed by atoms with E-state index in [2.05, 4.69) is 11.9 Å². The average Bonchev–Trinajstić information content (AvgIpc) is 2.29. The van der Waals surface area contributed by atoms with E-state index in [1.54, 1.807) is 12.4 Å². The molecule has 92 valence electrons. The van der Waals surface area contributed by atoms with Crippen molar-refractivity contribution in [1.82, 2.24) is 9.88 Å². The van der Waals surface area contributed by atoms with Crippen LogP contribution in [0.15, 0.2) is 24.5 Å². The summed E-state index contributed by atoms with van der Waals surface area (Å²) in [5, 5.41) is 0. The maximum Gasteiger partial charge on any atom is 0.227 e. The van der Waals surface area contributed by atoms with Crippen LogP contribution >= 0.6 is 0 Å². The van der Waals surface area contributed by atoms with Crippen molar-refractivity contribution >= 4 is 5.91 Å². The van der Waals surface area contributed by atoms with Gasteiger partial charge >= 0.3 is 0 Å². The highest BCUT2D eigenvalue weighted by Gasteiger charge is 2.25. The average molecular weight is 233 g/mol. The zero-order valence-corrected chi connectivity index (χ0v) is 10.2. The number of hydrogen-bond donors (Lipinski definition) is 1. The molecule has 2 rings (SSSR count). The van der Waals surface area contributed by atoms with E-state index in [4.69, 9.17) is 5.73 Å². The zero-order chi connectivity index (χ0) is 12.3. The number of aromatic nitrogens is 1. The molecule has 0 radical (unpaired) electrons. The molecule has 1 aliphatic rings. The Hall–Kier alpha value is -1.42. The normalized spacial score (nSPS) is 24.7. The van der Waals surface area contributed by atoms with Gasteiger partial charge in [-0.1, -0.05) is 13.0 Å². The molecule has 2 unspecified atom stereocenters. The first-order chi connectivity index (χ1) is 8.15. The summed E-state index contributed by atoms with van der Waals surface area (Å²) in [6.07, 6.45) is 4.89. The Labute approximate surface area is 102 Å². The summed E-state index contributed by atoms with van der Waals surface area (Å²) < 4.78 is 0. The van der Waals surface area contributed by atoms with Crippen LogP contribution in [-0.4, -0.2) is 34.9 Å². The highest BCUT2D eigenvalue weighted by Crippen LogP contribution is 2.16. The van der Waals surface area contributed by atoms with Crippen LogP contribution in [0, 0.1) is 5.92 Å². The molecule has 1 aromatic heterocycles. The first-order valence-corrected chi connectivity index (χ1v) is 6.07. The van der Waals surface area contributed by atoms with Gasteiger partial charge in [-0.15, -0.1) is 0 Å². The summed E-state index contributed by atoms with van der Waals surface area (Å²) in [5.74, 6) is 0.650. The van der Waals surface area contributed by atoms with Gasteiger partial charge in [-0.05, 0) is 24.0 Å². The van der Waals surface area contributed by atoms with Crippen molar-refractivity contribution in [3.05, 3.63) is 30.1 Å². The number of nitrogens with two attached hydrogens (primary N) is 1. The minimum absolute atomic E-state index is 0.122. The largest absolute Gasteiger partial charge is 0.341 e. The van der Waals surface area contributed by atoms with Crippen molar-refractivity contribution in [3.63, 3.8) is 0 Å². The van der Waals surface area contributed by atoms with E-state index in [0.29, 0.717) is 18.9 Å². The smallest absolute Gasteiger partial charge is 0.227 e. The highest BCUT2D eigenvalue weighted by molar-refractivity contribution is 5.78. The maximum absolute atomic E-state index is 12.1. The van der Waals surface area contributed by atoms with Crippen molar-refractivity contribution in [3.8, 4) is 0 Å². The molecule has 2 heterocycles. The molecule has 2 N–H and O–H groups in total. The summed E-state index contributed by atoms with van der Waals surface area (Å²) in [6, 6.07) is 3.90. The van der Waals surface area contributed by atoms with Crippen molar-refractivity contribution in [2.24, 2.45) is 11.7 Å². The molecule has 0 saturated carbocycles. The Balaban J connectivity index is 1.96. The van der Waals surface area contributed by atoms with Crippen LogP contribution in [0.25, 0.3) is 0 Å². The van der Waals surface area contributed by atoms with Crippen LogP contribution in [-0.2, 0) is 11.2 Å². The minimum Gasteiger partial charge on any atom is -0.341 e. The molecule has 2 atom stereocenters. The molecule has 0 bridgehead atoms. The third kappa shape index (κ3) is 3.27. The Kier molecular flexibility index (Phi) is 3.74. The zero-order valence-electron chi connectivity index (χ0n) is 10.2. The summed E-state index contributed by atoms with van der Waals surface area (Å²) in [7, 11) is 0. The van der Waals surface area contributed by atoms with E-state index in [1.807, 2.05) is 17.0 Å². The lowest BCUT2D eigenvalue weighted by atomic mass is 9.96. The van der Waals surface area contributed by atoms with Crippen LogP contribution in [0.4, 0.5) is 0 Å². The van der Waals surface area contributed by atoms with Gasteiger partial charge in [-0.2, -0.15) is 0 Å². The fourth-order valence-electron chi connectivity index (χ4n) is 2.39. The van der Waals surface area contributed by atoms with Crippen LogP contribution in [0.3, 0.4) is 0 Å². The molecular formula is C13H19N3O. The Bertz CT molecular complexity index is 370. The number of pyridine rings is 1. The summed E-state index contributed by atoms with van der Waals surface area (Å²) in [5.41, 5.74) is 6.90. The molecule has 1 fully saturated rings. The number of likely N-dealkylation sites (tertiary alicyclic amines) is 1. The standard InChI is InChI=1S/C13H19N3O/c1-10-5-12(14)9-16(8-10)13(17)6-11-3-2-4-15-7-11/h2-4,7,10,12H,5-6,8-9,14H2,1H3. The Morgan fingerprint density at radius 2 is 2.41 bits per heavy atom. The van der Waals surface area contributed by atoms with Gasteiger partial charge in [0.15, 0.2) is 0 Å². The van der Waals surface area contributed by atoms with Gasteiger partial charge in [0.25, 0.3) is 0 Å². The molecule has 4 nitrogen and oxygen atoms in total. The van der Waals surface area contributed by atoms with Crippen LogP contribution in [0.5, 0.6) is 0 Å². The summed E-state index contributed by atoms with van der Waals surface area (Å²) >= 11 is 0. The number of rotatable bonds is 2. The number of carbonyl (C=O) groups is 1. The number of carbonyl (C=O) groups excluding carboxylic acids is 1. The van der Waals surface area contributed by atoms with E-state index < -0.39 is 0 Å². The van der Waals surface area contributed by atoms with Gasteiger partial charge in [0.1, 0.15) is 0 Å². The van der Waals surface area contributed by atoms with E-state index in [0.717, 1.165) is 18.5 Å². The molecule has 0 aromatic carbocycles. The SMILES string of the molecule is CC1CC(N)CN(C(=O)Cc2cccnc2)C1. The maximum atomic E-state index is 12.1. The van der Waals surface area contributed by atoms with Gasteiger partial charge in [0, 0.05) is 31.5 Å². The van der Waals surface area contributed by atoms with E-state index in [9.17, 15) is 4.79 Å². The first kappa shape index (κ1) is 12.0. The molecule has 4 heteroatoms. The molecule has 0 aliphatic carbocycles. The summed E-state index contributed by atoms with van der Waals surface area (Å²) in [4.78, 5) is 18.0. The molecule has 0 spiro atoms. The lowest BCUT2D eigenvalue weighted by Gasteiger charge is -2.34. The third-order valence-electron chi connectivity index (χ3n) is 3.12. The summed E-state index contributed by atoms with van der Waals surface area (Å²) in [6.45, 7) is 3.65. The van der Waals surface area contributed by atoms with Gasteiger partial charge in [0.05, 0.1) is 6.42 Å². The molecule has 1 aliphatic heterocycles. The van der Waals surface area contributed by atoms with Gasteiger partial charge in [-0.3, -0.25) is 9.78 Å². The molecule has 17 heavy (non-hydrogen) atoms. The minimum atomic E-state index is 0.122. The monoisotopic (exact) mass is 233 g/mol. The van der Waals surface area contributed by atoms with Crippen molar-refractivity contribution in [1.29, 1.82) is 0 Å².